The van der Waals surface area contributed by atoms with E-state index in [0.29, 0.717) is 11.3 Å². The SMILES string of the molecule is COc1cccc(C2/C(=C(\O)c3cc(C(C)(C)C)ccc3C)C(=O)C(=O)N2C2CCCC2)c1. The molecule has 2 aliphatic rings. The van der Waals surface area contributed by atoms with Crippen LogP contribution in [-0.2, 0) is 15.0 Å². The van der Waals surface area contributed by atoms with Crippen molar-refractivity contribution in [3.63, 3.8) is 0 Å². The fourth-order valence-electron chi connectivity index (χ4n) is 5.04. The average Bonchev–Trinajstić information content (AvgIpc) is 3.39. The summed E-state index contributed by atoms with van der Waals surface area (Å²) in [6.07, 6.45) is 3.80. The van der Waals surface area contributed by atoms with Crippen molar-refractivity contribution in [1.29, 1.82) is 0 Å². The predicted molar refractivity (Wildman–Crippen MR) is 129 cm³/mol. The molecule has 2 fully saturated rings. The highest BCUT2D eigenvalue weighted by atomic mass is 16.5. The van der Waals surface area contributed by atoms with Gasteiger partial charge in [0.1, 0.15) is 11.5 Å². The van der Waals surface area contributed by atoms with Gasteiger partial charge in [-0.1, -0.05) is 57.9 Å². The summed E-state index contributed by atoms with van der Waals surface area (Å²) in [6, 6.07) is 12.7. The second-order valence-corrected chi connectivity index (χ2v) is 10.2. The molecular formula is C28H33NO4. The van der Waals surface area contributed by atoms with Crippen molar-refractivity contribution in [3.8, 4) is 5.75 Å². The highest BCUT2D eigenvalue weighted by Crippen LogP contribution is 2.44. The Hall–Kier alpha value is -3.08. The monoisotopic (exact) mass is 447 g/mol. The van der Waals surface area contributed by atoms with Crippen LogP contribution in [0.2, 0.25) is 0 Å². The standard InChI is InChI=1S/C28H33NO4/c1-17-13-14-19(28(2,3)4)16-22(17)25(30)23-24(18-9-8-12-21(15-18)33-5)29(27(32)26(23)31)20-10-6-7-11-20/h8-9,12-16,20,24,30H,6-7,10-11H2,1-5H3/b25-23+. The van der Waals surface area contributed by atoms with Crippen molar-refractivity contribution in [1.82, 2.24) is 4.90 Å². The molecule has 1 saturated heterocycles. The molecule has 1 saturated carbocycles. The van der Waals surface area contributed by atoms with Gasteiger partial charge >= 0.3 is 0 Å². The van der Waals surface area contributed by atoms with E-state index in [1.165, 1.54) is 0 Å². The molecule has 5 nitrogen and oxygen atoms in total. The lowest BCUT2D eigenvalue weighted by atomic mass is 9.84. The number of rotatable bonds is 4. The highest BCUT2D eigenvalue weighted by Gasteiger charge is 2.49. The Kier molecular flexibility index (Phi) is 6.08. The second kappa shape index (κ2) is 8.69. The number of likely N-dealkylation sites (tertiary alicyclic amines) is 1. The van der Waals surface area contributed by atoms with Crippen molar-refractivity contribution in [2.75, 3.05) is 7.11 Å². The number of Topliss-reactive ketones (excluding diaryl/α,β-unsaturated/α-hetero) is 1. The summed E-state index contributed by atoms with van der Waals surface area (Å²) in [5.74, 6) is -0.602. The van der Waals surface area contributed by atoms with Gasteiger partial charge in [0.2, 0.25) is 0 Å². The van der Waals surface area contributed by atoms with Crippen LogP contribution in [0, 0.1) is 6.92 Å². The van der Waals surface area contributed by atoms with Crippen LogP contribution < -0.4 is 4.74 Å². The molecule has 5 heteroatoms. The van der Waals surface area contributed by atoms with Gasteiger partial charge in [-0.25, -0.2) is 0 Å². The number of ketones is 1. The summed E-state index contributed by atoms with van der Waals surface area (Å²) in [4.78, 5) is 28.4. The van der Waals surface area contributed by atoms with Gasteiger partial charge in [0.15, 0.2) is 0 Å². The molecule has 1 aliphatic heterocycles. The second-order valence-electron chi connectivity index (χ2n) is 10.2. The van der Waals surface area contributed by atoms with Gasteiger partial charge in [-0.05, 0) is 60.1 Å². The van der Waals surface area contributed by atoms with Crippen molar-refractivity contribution in [3.05, 3.63) is 70.3 Å². The molecule has 1 amide bonds. The van der Waals surface area contributed by atoms with Crippen LogP contribution in [0.1, 0.15) is 74.8 Å². The molecule has 0 bridgehead atoms. The van der Waals surface area contributed by atoms with Crippen molar-refractivity contribution >= 4 is 17.4 Å². The summed E-state index contributed by atoms with van der Waals surface area (Å²) in [6.45, 7) is 8.24. The molecule has 174 valence electrons. The maximum atomic E-state index is 13.4. The van der Waals surface area contributed by atoms with Crippen LogP contribution in [0.3, 0.4) is 0 Å². The molecule has 1 aliphatic carbocycles. The fraction of sp³-hybridized carbons (Fsp3) is 0.429. The summed E-state index contributed by atoms with van der Waals surface area (Å²) < 4.78 is 5.41. The summed E-state index contributed by atoms with van der Waals surface area (Å²) in [7, 11) is 1.59. The van der Waals surface area contributed by atoms with Crippen LogP contribution >= 0.6 is 0 Å². The fourth-order valence-corrected chi connectivity index (χ4v) is 5.04. The lowest BCUT2D eigenvalue weighted by Crippen LogP contribution is -2.37. The predicted octanol–water partition coefficient (Wildman–Crippen LogP) is 5.67. The Balaban J connectivity index is 1.93. The quantitative estimate of drug-likeness (QED) is 0.373. The molecule has 2 aromatic rings. The molecule has 4 rings (SSSR count). The Morgan fingerprint density at radius 1 is 1.06 bits per heavy atom. The van der Waals surface area contributed by atoms with Gasteiger partial charge in [-0.2, -0.15) is 0 Å². The zero-order valence-corrected chi connectivity index (χ0v) is 20.1. The Morgan fingerprint density at radius 3 is 2.39 bits per heavy atom. The molecule has 1 heterocycles. The zero-order valence-electron chi connectivity index (χ0n) is 20.1. The third-order valence-corrected chi connectivity index (χ3v) is 6.97. The number of hydrogen-bond acceptors (Lipinski definition) is 4. The smallest absolute Gasteiger partial charge is 0.295 e. The van der Waals surface area contributed by atoms with Crippen LogP contribution in [0.25, 0.3) is 5.76 Å². The molecule has 33 heavy (non-hydrogen) atoms. The number of ether oxygens (including phenoxy) is 1. The Bertz CT molecular complexity index is 1120. The Labute approximate surface area is 196 Å². The third kappa shape index (κ3) is 4.17. The van der Waals surface area contributed by atoms with E-state index in [0.717, 1.165) is 42.4 Å². The largest absolute Gasteiger partial charge is 0.507 e. The van der Waals surface area contributed by atoms with Gasteiger partial charge in [0, 0.05) is 11.6 Å². The number of carbonyl (C=O) groups is 2. The first-order chi connectivity index (χ1) is 15.6. The molecule has 0 spiro atoms. The number of carbonyl (C=O) groups excluding carboxylic acids is 2. The van der Waals surface area contributed by atoms with E-state index in [1.807, 2.05) is 49.4 Å². The number of hydrogen-bond donors (Lipinski definition) is 1. The summed E-state index contributed by atoms with van der Waals surface area (Å²) >= 11 is 0. The lowest BCUT2D eigenvalue weighted by Gasteiger charge is -2.31. The highest BCUT2D eigenvalue weighted by molar-refractivity contribution is 6.46. The minimum atomic E-state index is -0.638. The van der Waals surface area contributed by atoms with Crippen molar-refractivity contribution in [2.24, 2.45) is 0 Å². The first-order valence-electron chi connectivity index (χ1n) is 11.7. The van der Waals surface area contributed by atoms with Gasteiger partial charge in [0.25, 0.3) is 11.7 Å². The third-order valence-electron chi connectivity index (χ3n) is 6.97. The first-order valence-corrected chi connectivity index (χ1v) is 11.7. The number of amides is 1. The van der Waals surface area contributed by atoms with Gasteiger partial charge < -0.3 is 14.7 Å². The molecule has 1 atom stereocenters. The topological polar surface area (TPSA) is 66.8 Å². The number of nitrogens with zero attached hydrogens (tertiary/aromatic N) is 1. The van der Waals surface area contributed by atoms with Crippen LogP contribution in [0.15, 0.2) is 48.0 Å². The number of methoxy groups -OCH3 is 1. The van der Waals surface area contributed by atoms with Crippen LogP contribution in [0.4, 0.5) is 0 Å². The van der Waals surface area contributed by atoms with Gasteiger partial charge in [0.05, 0.1) is 18.7 Å². The van der Waals surface area contributed by atoms with E-state index in [2.05, 4.69) is 20.8 Å². The van der Waals surface area contributed by atoms with Crippen LogP contribution in [0.5, 0.6) is 5.75 Å². The number of aliphatic hydroxyl groups is 1. The van der Waals surface area contributed by atoms with Gasteiger partial charge in [-0.3, -0.25) is 9.59 Å². The summed E-state index contributed by atoms with van der Waals surface area (Å²) in [5, 5.41) is 11.5. The number of aryl methyl sites for hydroxylation is 1. The van der Waals surface area contributed by atoms with E-state index in [-0.39, 0.29) is 22.8 Å². The maximum absolute atomic E-state index is 13.4. The van der Waals surface area contributed by atoms with E-state index >= 15 is 0 Å². The van der Waals surface area contributed by atoms with Crippen molar-refractivity contribution < 1.29 is 19.4 Å². The molecule has 0 radical (unpaired) electrons. The maximum Gasteiger partial charge on any atom is 0.295 e. The molecule has 1 N–H and O–H groups in total. The number of aliphatic hydroxyl groups excluding tert-OH is 1. The minimum Gasteiger partial charge on any atom is -0.507 e. The van der Waals surface area contributed by atoms with E-state index in [9.17, 15) is 14.7 Å². The minimum absolute atomic E-state index is 0.00930. The van der Waals surface area contributed by atoms with Gasteiger partial charge in [-0.15, -0.1) is 0 Å². The molecule has 1 unspecified atom stereocenters. The lowest BCUT2D eigenvalue weighted by molar-refractivity contribution is -0.141. The molecule has 2 aromatic carbocycles. The van der Waals surface area contributed by atoms with Crippen molar-refractivity contribution in [2.45, 2.75) is 70.9 Å². The normalized spacial score (nSPS) is 21.1. The van der Waals surface area contributed by atoms with Crippen LogP contribution in [-0.4, -0.2) is 34.8 Å². The molecular weight excluding hydrogens is 414 g/mol. The average molecular weight is 448 g/mol. The first kappa shape index (κ1) is 23.1. The zero-order chi connectivity index (χ0) is 23.9. The van der Waals surface area contributed by atoms with E-state index in [1.54, 1.807) is 12.0 Å². The Morgan fingerprint density at radius 2 is 1.76 bits per heavy atom. The van der Waals surface area contributed by atoms with E-state index in [4.69, 9.17) is 4.74 Å². The summed E-state index contributed by atoms with van der Waals surface area (Å²) in [5.41, 5.74) is 3.32. The van der Waals surface area contributed by atoms with E-state index < -0.39 is 17.7 Å². The number of benzene rings is 2. The molecule has 0 aromatic heterocycles.